The minimum Gasteiger partial charge on any atom is -0.326 e. The fourth-order valence-electron chi connectivity index (χ4n) is 2.06. The van der Waals surface area contributed by atoms with Crippen molar-refractivity contribution in [2.75, 3.05) is 10.6 Å². The minimum absolute atomic E-state index is 0.0256. The molecule has 4 heteroatoms. The summed E-state index contributed by atoms with van der Waals surface area (Å²) in [5.74, 6) is 0.688. The molecule has 1 saturated carbocycles. The van der Waals surface area contributed by atoms with E-state index in [1.807, 2.05) is 32.0 Å². The number of carbonyl (C=O) groups is 2. The van der Waals surface area contributed by atoms with Crippen molar-refractivity contribution < 1.29 is 9.59 Å². The first-order chi connectivity index (χ1) is 9.02. The lowest BCUT2D eigenvalue weighted by molar-refractivity contribution is -0.117. The second-order valence-corrected chi connectivity index (χ2v) is 5.19. The largest absolute Gasteiger partial charge is 0.326 e. The first kappa shape index (κ1) is 13.6. The molecule has 2 amide bonds. The van der Waals surface area contributed by atoms with Gasteiger partial charge in [0.15, 0.2) is 0 Å². The van der Waals surface area contributed by atoms with Gasteiger partial charge in [-0.1, -0.05) is 19.9 Å². The number of hydrogen-bond acceptors (Lipinski definition) is 2. The number of anilines is 2. The quantitative estimate of drug-likeness (QED) is 0.874. The SMILES string of the molecule is CCC(=O)Nc1cccc(NC(=O)C2CC2C)c1C. The zero-order chi connectivity index (χ0) is 14.0. The van der Waals surface area contributed by atoms with Crippen LogP contribution in [0.2, 0.25) is 0 Å². The summed E-state index contributed by atoms with van der Waals surface area (Å²) in [4.78, 5) is 23.4. The predicted octanol–water partition coefficient (Wildman–Crippen LogP) is 2.94. The standard InChI is InChI=1S/C15H20N2O2/c1-4-14(18)16-12-6-5-7-13(10(12)3)17-15(19)11-8-9(11)2/h5-7,9,11H,4,8H2,1-3H3,(H,16,18)(H,17,19). The van der Waals surface area contributed by atoms with Crippen LogP contribution >= 0.6 is 0 Å². The fourth-order valence-corrected chi connectivity index (χ4v) is 2.06. The van der Waals surface area contributed by atoms with Crippen molar-refractivity contribution in [2.45, 2.75) is 33.6 Å². The van der Waals surface area contributed by atoms with Gasteiger partial charge in [0.05, 0.1) is 0 Å². The van der Waals surface area contributed by atoms with Crippen molar-refractivity contribution in [3.63, 3.8) is 0 Å². The lowest BCUT2D eigenvalue weighted by atomic mass is 10.1. The summed E-state index contributed by atoms with van der Waals surface area (Å²) in [5, 5.41) is 5.78. The van der Waals surface area contributed by atoms with Crippen molar-refractivity contribution in [2.24, 2.45) is 11.8 Å². The van der Waals surface area contributed by atoms with Gasteiger partial charge in [-0.05, 0) is 37.0 Å². The third-order valence-electron chi connectivity index (χ3n) is 3.63. The Bertz CT molecular complexity index is 511. The van der Waals surface area contributed by atoms with Gasteiger partial charge < -0.3 is 10.6 Å². The van der Waals surface area contributed by atoms with Gasteiger partial charge in [-0.15, -0.1) is 0 Å². The Morgan fingerprint density at radius 1 is 1.26 bits per heavy atom. The van der Waals surface area contributed by atoms with E-state index in [0.29, 0.717) is 12.3 Å². The first-order valence-corrected chi connectivity index (χ1v) is 6.73. The van der Waals surface area contributed by atoms with Gasteiger partial charge in [-0.3, -0.25) is 9.59 Å². The highest BCUT2D eigenvalue weighted by Crippen LogP contribution is 2.38. The van der Waals surface area contributed by atoms with Gasteiger partial charge in [0, 0.05) is 23.7 Å². The minimum atomic E-state index is -0.0256. The second kappa shape index (κ2) is 5.43. The molecule has 1 aliphatic rings. The van der Waals surface area contributed by atoms with E-state index in [4.69, 9.17) is 0 Å². The molecule has 1 aromatic carbocycles. The Balaban J connectivity index is 2.10. The molecule has 1 aliphatic carbocycles. The Morgan fingerprint density at radius 2 is 1.84 bits per heavy atom. The molecule has 0 bridgehead atoms. The van der Waals surface area contributed by atoms with Crippen LogP contribution in [-0.2, 0) is 9.59 Å². The van der Waals surface area contributed by atoms with Crippen LogP contribution in [0.15, 0.2) is 18.2 Å². The third-order valence-corrected chi connectivity index (χ3v) is 3.63. The summed E-state index contributed by atoms with van der Waals surface area (Å²) < 4.78 is 0. The molecular weight excluding hydrogens is 240 g/mol. The van der Waals surface area contributed by atoms with E-state index < -0.39 is 0 Å². The number of benzene rings is 1. The van der Waals surface area contributed by atoms with Crippen molar-refractivity contribution in [1.29, 1.82) is 0 Å². The van der Waals surface area contributed by atoms with Gasteiger partial charge in [-0.25, -0.2) is 0 Å². The van der Waals surface area contributed by atoms with Crippen LogP contribution in [0.25, 0.3) is 0 Å². The topological polar surface area (TPSA) is 58.2 Å². The maximum absolute atomic E-state index is 11.9. The van der Waals surface area contributed by atoms with E-state index in [1.54, 1.807) is 0 Å². The molecule has 0 radical (unpaired) electrons. The number of carbonyl (C=O) groups excluding carboxylic acids is 2. The maximum atomic E-state index is 11.9. The van der Waals surface area contributed by atoms with Crippen LogP contribution < -0.4 is 10.6 Å². The van der Waals surface area contributed by atoms with Crippen molar-refractivity contribution in [3.05, 3.63) is 23.8 Å². The van der Waals surface area contributed by atoms with Crippen LogP contribution in [-0.4, -0.2) is 11.8 Å². The molecule has 0 saturated heterocycles. The lowest BCUT2D eigenvalue weighted by Gasteiger charge is -2.13. The molecule has 0 aliphatic heterocycles. The van der Waals surface area contributed by atoms with Gasteiger partial charge in [-0.2, -0.15) is 0 Å². The van der Waals surface area contributed by atoms with Gasteiger partial charge >= 0.3 is 0 Å². The molecule has 1 aromatic rings. The number of nitrogens with one attached hydrogen (secondary N) is 2. The van der Waals surface area contributed by atoms with E-state index in [1.165, 1.54) is 0 Å². The molecule has 0 heterocycles. The molecule has 4 nitrogen and oxygen atoms in total. The molecule has 0 aromatic heterocycles. The zero-order valence-corrected chi connectivity index (χ0v) is 11.6. The zero-order valence-electron chi connectivity index (χ0n) is 11.6. The van der Waals surface area contributed by atoms with Gasteiger partial charge in [0.2, 0.25) is 11.8 Å². The molecule has 1 fully saturated rings. The van der Waals surface area contributed by atoms with Crippen molar-refractivity contribution in [3.8, 4) is 0 Å². The Morgan fingerprint density at radius 3 is 2.37 bits per heavy atom. The molecule has 0 spiro atoms. The van der Waals surface area contributed by atoms with E-state index in [-0.39, 0.29) is 17.7 Å². The maximum Gasteiger partial charge on any atom is 0.227 e. The van der Waals surface area contributed by atoms with Crippen LogP contribution in [0.3, 0.4) is 0 Å². The van der Waals surface area contributed by atoms with Crippen LogP contribution in [0.4, 0.5) is 11.4 Å². The summed E-state index contributed by atoms with van der Waals surface area (Å²) in [6.07, 6.45) is 1.41. The van der Waals surface area contributed by atoms with Crippen LogP contribution in [0, 0.1) is 18.8 Å². The molecule has 2 rings (SSSR count). The summed E-state index contributed by atoms with van der Waals surface area (Å²) in [7, 11) is 0. The molecule has 2 N–H and O–H groups in total. The summed E-state index contributed by atoms with van der Waals surface area (Å²) in [5.41, 5.74) is 2.43. The Labute approximate surface area is 113 Å². The number of hydrogen-bond donors (Lipinski definition) is 2. The highest BCUT2D eigenvalue weighted by atomic mass is 16.2. The predicted molar refractivity (Wildman–Crippen MR) is 76.0 cm³/mol. The average Bonchev–Trinajstić information content (AvgIpc) is 3.11. The Hall–Kier alpha value is -1.84. The third kappa shape index (κ3) is 3.13. The van der Waals surface area contributed by atoms with Crippen LogP contribution in [0.1, 0.15) is 32.3 Å². The summed E-state index contributed by atoms with van der Waals surface area (Å²) in [6.45, 7) is 5.79. The van der Waals surface area contributed by atoms with E-state index in [9.17, 15) is 9.59 Å². The average molecular weight is 260 g/mol. The molecule has 19 heavy (non-hydrogen) atoms. The molecule has 102 valence electrons. The van der Waals surface area contributed by atoms with Crippen molar-refractivity contribution in [1.82, 2.24) is 0 Å². The summed E-state index contributed by atoms with van der Waals surface area (Å²) >= 11 is 0. The molecular formula is C15H20N2O2. The van der Waals surface area contributed by atoms with Crippen molar-refractivity contribution >= 4 is 23.2 Å². The lowest BCUT2D eigenvalue weighted by Crippen LogP contribution is -2.16. The smallest absolute Gasteiger partial charge is 0.227 e. The van der Waals surface area contributed by atoms with Gasteiger partial charge in [0.1, 0.15) is 0 Å². The van der Waals surface area contributed by atoms with Gasteiger partial charge in [0.25, 0.3) is 0 Å². The fraction of sp³-hybridized carbons (Fsp3) is 0.467. The summed E-state index contributed by atoms with van der Waals surface area (Å²) in [6, 6.07) is 5.55. The highest BCUT2D eigenvalue weighted by Gasteiger charge is 2.39. The van der Waals surface area contributed by atoms with E-state index in [0.717, 1.165) is 23.4 Å². The second-order valence-electron chi connectivity index (χ2n) is 5.19. The number of rotatable bonds is 4. The number of amides is 2. The van der Waals surface area contributed by atoms with E-state index >= 15 is 0 Å². The molecule has 2 atom stereocenters. The van der Waals surface area contributed by atoms with E-state index in [2.05, 4.69) is 17.6 Å². The Kier molecular flexibility index (Phi) is 3.88. The first-order valence-electron chi connectivity index (χ1n) is 6.73. The monoisotopic (exact) mass is 260 g/mol. The normalized spacial score (nSPS) is 20.8. The highest BCUT2D eigenvalue weighted by molar-refractivity contribution is 5.97. The molecule has 2 unspecified atom stereocenters. The van der Waals surface area contributed by atoms with Crippen LogP contribution in [0.5, 0.6) is 0 Å².